The van der Waals surface area contributed by atoms with Gasteiger partial charge in [-0.2, -0.15) is 10.1 Å². The standard InChI is InChI=1S/C24H25N9O/c1-13(16-6-9-27-22(26)28-16)18-17-20(32-31-18)29-23(30-21(17)34)33-10-7-24(8-11-33)12-14-4-2-3-5-15(14)19(24)25/h2-6,9,19H,1,7-8,10-12,25H2,(H2,26,27,28)(H2,29,30,31,32,34)/t19-/m1/s1. The van der Waals surface area contributed by atoms with Crippen LogP contribution in [0.4, 0.5) is 11.9 Å². The van der Waals surface area contributed by atoms with Crippen molar-refractivity contribution in [3.8, 4) is 0 Å². The van der Waals surface area contributed by atoms with E-state index in [1.165, 1.54) is 17.3 Å². The number of rotatable bonds is 3. The van der Waals surface area contributed by atoms with Crippen LogP contribution in [0.5, 0.6) is 0 Å². The zero-order chi connectivity index (χ0) is 23.4. The molecule has 1 spiro atoms. The predicted molar refractivity (Wildman–Crippen MR) is 130 cm³/mol. The van der Waals surface area contributed by atoms with Crippen molar-refractivity contribution < 1.29 is 0 Å². The Labute approximate surface area is 195 Å². The first-order valence-corrected chi connectivity index (χ1v) is 11.3. The number of hydrogen-bond donors (Lipinski definition) is 4. The molecule has 1 saturated heterocycles. The molecule has 3 aromatic heterocycles. The molecule has 1 aliphatic heterocycles. The summed E-state index contributed by atoms with van der Waals surface area (Å²) >= 11 is 0. The predicted octanol–water partition coefficient (Wildman–Crippen LogP) is 1.92. The van der Waals surface area contributed by atoms with Crippen LogP contribution in [0.2, 0.25) is 0 Å². The number of nitrogens with two attached hydrogens (primary N) is 2. The van der Waals surface area contributed by atoms with Crippen LogP contribution in [0.15, 0.2) is 47.9 Å². The van der Waals surface area contributed by atoms with Gasteiger partial charge in [-0.1, -0.05) is 30.8 Å². The number of nitrogen functional groups attached to an aromatic ring is 1. The van der Waals surface area contributed by atoms with Crippen LogP contribution < -0.4 is 21.9 Å². The Morgan fingerprint density at radius 1 is 1.18 bits per heavy atom. The molecular weight excluding hydrogens is 430 g/mol. The second-order valence-electron chi connectivity index (χ2n) is 9.17. The van der Waals surface area contributed by atoms with Gasteiger partial charge in [0.1, 0.15) is 11.1 Å². The Morgan fingerprint density at radius 2 is 1.97 bits per heavy atom. The van der Waals surface area contributed by atoms with E-state index in [2.05, 4.69) is 65.9 Å². The molecule has 1 aromatic carbocycles. The molecule has 0 saturated carbocycles. The lowest BCUT2D eigenvalue weighted by molar-refractivity contribution is 0.187. The van der Waals surface area contributed by atoms with Crippen molar-refractivity contribution in [2.75, 3.05) is 23.7 Å². The van der Waals surface area contributed by atoms with E-state index in [0.29, 0.717) is 33.9 Å². The number of nitrogens with zero attached hydrogens (tertiary/aromatic N) is 5. The Kier molecular flexibility index (Phi) is 4.53. The smallest absolute Gasteiger partial charge is 0.264 e. The summed E-state index contributed by atoms with van der Waals surface area (Å²) < 4.78 is 0. The highest BCUT2D eigenvalue weighted by atomic mass is 16.1. The fourth-order valence-electron chi connectivity index (χ4n) is 5.43. The molecule has 0 bridgehead atoms. The van der Waals surface area contributed by atoms with E-state index >= 15 is 0 Å². The number of aromatic nitrogens is 6. The molecule has 1 aliphatic carbocycles. The highest BCUT2D eigenvalue weighted by Gasteiger charge is 2.46. The lowest BCUT2D eigenvalue weighted by Crippen LogP contribution is -2.45. The minimum Gasteiger partial charge on any atom is -0.368 e. The first kappa shape index (κ1) is 20.5. The van der Waals surface area contributed by atoms with E-state index in [4.69, 9.17) is 11.5 Å². The normalized spacial score (nSPS) is 19.0. The number of fused-ring (bicyclic) bond motifs is 2. The van der Waals surface area contributed by atoms with Crippen molar-refractivity contribution in [1.82, 2.24) is 30.1 Å². The third kappa shape index (κ3) is 3.10. The Bertz CT molecular complexity index is 1480. The van der Waals surface area contributed by atoms with Crippen molar-refractivity contribution in [2.45, 2.75) is 25.3 Å². The molecule has 172 valence electrons. The van der Waals surface area contributed by atoms with Gasteiger partial charge in [-0.05, 0) is 41.9 Å². The molecule has 0 radical (unpaired) electrons. The van der Waals surface area contributed by atoms with Crippen molar-refractivity contribution in [2.24, 2.45) is 11.1 Å². The van der Waals surface area contributed by atoms with E-state index < -0.39 is 0 Å². The first-order valence-electron chi connectivity index (χ1n) is 11.3. The van der Waals surface area contributed by atoms with Crippen LogP contribution in [0, 0.1) is 5.41 Å². The summed E-state index contributed by atoms with van der Waals surface area (Å²) in [6.45, 7) is 5.58. The number of H-pyrrole nitrogens is 2. The van der Waals surface area contributed by atoms with Gasteiger partial charge in [0.05, 0.1) is 5.69 Å². The second-order valence-corrected chi connectivity index (χ2v) is 9.17. The average molecular weight is 456 g/mol. The number of anilines is 2. The molecule has 4 heterocycles. The van der Waals surface area contributed by atoms with Crippen LogP contribution in [-0.4, -0.2) is 43.2 Å². The van der Waals surface area contributed by atoms with E-state index in [9.17, 15) is 4.79 Å². The van der Waals surface area contributed by atoms with Crippen molar-refractivity contribution in [3.63, 3.8) is 0 Å². The summed E-state index contributed by atoms with van der Waals surface area (Å²) in [6, 6.07) is 10.2. The molecule has 0 amide bonds. The van der Waals surface area contributed by atoms with E-state index in [0.717, 1.165) is 32.4 Å². The van der Waals surface area contributed by atoms with E-state index in [1.54, 1.807) is 6.07 Å². The summed E-state index contributed by atoms with van der Waals surface area (Å²) in [7, 11) is 0. The lowest BCUT2D eigenvalue weighted by atomic mass is 9.73. The van der Waals surface area contributed by atoms with Gasteiger partial charge in [0.2, 0.25) is 11.9 Å². The number of piperidine rings is 1. The highest BCUT2D eigenvalue weighted by molar-refractivity contribution is 5.91. The van der Waals surface area contributed by atoms with Crippen LogP contribution in [0.3, 0.4) is 0 Å². The molecule has 1 fully saturated rings. The maximum Gasteiger partial charge on any atom is 0.264 e. The van der Waals surface area contributed by atoms with Gasteiger partial charge in [0, 0.05) is 30.9 Å². The Hall–Kier alpha value is -4.05. The average Bonchev–Trinajstić information content (AvgIpc) is 3.39. The van der Waals surface area contributed by atoms with Gasteiger partial charge in [-0.25, -0.2) is 9.97 Å². The quantitative estimate of drug-likeness (QED) is 0.365. The molecule has 6 rings (SSSR count). The molecule has 1 atom stereocenters. The summed E-state index contributed by atoms with van der Waals surface area (Å²) in [5, 5.41) is 7.51. The molecule has 10 heteroatoms. The topological polar surface area (TPSA) is 155 Å². The molecule has 34 heavy (non-hydrogen) atoms. The van der Waals surface area contributed by atoms with Gasteiger partial charge < -0.3 is 16.4 Å². The molecular formula is C24H25N9O. The monoisotopic (exact) mass is 455 g/mol. The number of hydrogen-bond acceptors (Lipinski definition) is 8. The SMILES string of the molecule is C=C(c1ccnc(N)n1)c1n[nH]c2nc(N3CCC4(CC3)Cc3ccccc3[C@H]4N)[nH]c(=O)c12. The fraction of sp³-hybridized carbons (Fsp3) is 0.292. The summed E-state index contributed by atoms with van der Waals surface area (Å²) in [5.41, 5.74) is 16.5. The van der Waals surface area contributed by atoms with Crippen LogP contribution >= 0.6 is 0 Å². The minimum atomic E-state index is -0.280. The van der Waals surface area contributed by atoms with Crippen molar-refractivity contribution in [1.29, 1.82) is 0 Å². The molecule has 10 nitrogen and oxygen atoms in total. The maximum atomic E-state index is 13.1. The largest absolute Gasteiger partial charge is 0.368 e. The fourth-order valence-corrected chi connectivity index (χ4v) is 5.43. The van der Waals surface area contributed by atoms with Gasteiger partial charge in [0.25, 0.3) is 5.56 Å². The Balaban J connectivity index is 1.26. The Morgan fingerprint density at radius 3 is 2.74 bits per heavy atom. The zero-order valence-corrected chi connectivity index (χ0v) is 18.6. The summed E-state index contributed by atoms with van der Waals surface area (Å²) in [5.74, 6) is 0.657. The van der Waals surface area contributed by atoms with Gasteiger partial charge in [0.15, 0.2) is 5.65 Å². The van der Waals surface area contributed by atoms with E-state index in [-0.39, 0.29) is 23.0 Å². The first-order chi connectivity index (χ1) is 16.4. The molecule has 0 unspecified atom stereocenters. The van der Waals surface area contributed by atoms with Gasteiger partial charge in [-0.3, -0.25) is 14.9 Å². The van der Waals surface area contributed by atoms with Gasteiger partial charge >= 0.3 is 0 Å². The van der Waals surface area contributed by atoms with Crippen LogP contribution in [-0.2, 0) is 6.42 Å². The van der Waals surface area contributed by atoms with E-state index in [1.807, 2.05) is 0 Å². The van der Waals surface area contributed by atoms with Crippen molar-refractivity contribution >= 4 is 28.5 Å². The lowest BCUT2D eigenvalue weighted by Gasteiger charge is -2.42. The molecule has 6 N–H and O–H groups in total. The zero-order valence-electron chi connectivity index (χ0n) is 18.6. The third-order valence-corrected chi connectivity index (χ3v) is 7.34. The van der Waals surface area contributed by atoms with Crippen molar-refractivity contribution in [3.05, 3.63) is 76.0 Å². The van der Waals surface area contributed by atoms with Crippen LogP contribution in [0.1, 0.15) is 41.4 Å². The minimum absolute atomic E-state index is 0.0392. The highest BCUT2D eigenvalue weighted by Crippen LogP contribution is 2.50. The van der Waals surface area contributed by atoms with Gasteiger partial charge in [-0.15, -0.1) is 0 Å². The second kappa shape index (κ2) is 7.49. The molecule has 4 aromatic rings. The third-order valence-electron chi connectivity index (χ3n) is 7.34. The number of benzene rings is 1. The summed E-state index contributed by atoms with van der Waals surface area (Å²) in [6.07, 6.45) is 4.41. The maximum absolute atomic E-state index is 13.1. The number of nitrogens with one attached hydrogen (secondary N) is 2. The summed E-state index contributed by atoms with van der Waals surface area (Å²) in [4.78, 5) is 30.9. The molecule has 2 aliphatic rings. The van der Waals surface area contributed by atoms with Crippen LogP contribution in [0.25, 0.3) is 16.6 Å². The number of aromatic amines is 2.